The van der Waals surface area contributed by atoms with E-state index in [1.54, 1.807) is 0 Å². The van der Waals surface area contributed by atoms with Crippen LogP contribution in [0.2, 0.25) is 0 Å². The summed E-state index contributed by atoms with van der Waals surface area (Å²) in [6, 6.07) is 0. The number of carbonyl (C=O) groups is 1. The Kier molecular flexibility index (Phi) is 0.623. The highest BCUT2D eigenvalue weighted by atomic mass is 32.2. The van der Waals surface area contributed by atoms with Gasteiger partial charge in [0.2, 0.25) is 0 Å². The number of Topliss-reactive ketones (excluding diaryl/α,β-unsaturated/α-hetero) is 1. The Labute approximate surface area is 75.3 Å². The van der Waals surface area contributed by atoms with Gasteiger partial charge in [-0.1, -0.05) is 0 Å². The normalized spacial score (nSPS) is 79.2. The zero-order valence-corrected chi connectivity index (χ0v) is 7.46. The maximum atomic E-state index is 11.9. The summed E-state index contributed by atoms with van der Waals surface area (Å²) in [6.07, 6.45) is 1.43. The zero-order valence-electron chi connectivity index (χ0n) is 6.64. The van der Waals surface area contributed by atoms with Crippen LogP contribution in [0.4, 0.5) is 0 Å². The third-order valence-corrected chi connectivity index (χ3v) is 7.21. The molecule has 0 radical (unpaired) electrons. The molecule has 0 aromatic heterocycles. The van der Waals surface area contributed by atoms with Crippen LogP contribution in [0.5, 0.6) is 0 Å². The predicted molar refractivity (Wildman–Crippen MR) is 45.7 cm³/mol. The summed E-state index contributed by atoms with van der Waals surface area (Å²) < 4.78 is 0. The molecular weight excluding hydrogens is 168 g/mol. The molecule has 8 unspecified atom stereocenters. The molecular formula is C10H10OS. The van der Waals surface area contributed by atoms with Gasteiger partial charge in [-0.05, 0) is 30.1 Å². The zero-order chi connectivity index (χ0) is 7.61. The molecule has 2 bridgehead atoms. The topological polar surface area (TPSA) is 17.1 Å². The fourth-order valence-electron chi connectivity index (χ4n) is 5.22. The summed E-state index contributed by atoms with van der Waals surface area (Å²) in [5, 5.41) is 1.61. The largest absolute Gasteiger partial charge is 0.299 e. The highest BCUT2D eigenvalue weighted by molar-refractivity contribution is 8.01. The second-order valence-electron chi connectivity index (χ2n) is 5.24. The minimum atomic E-state index is 0.546. The maximum Gasteiger partial charge on any atom is 0.141 e. The number of fused-ring (bicyclic) bond motifs is 2. The first kappa shape index (κ1) is 5.69. The molecule has 1 saturated heterocycles. The fourth-order valence-corrected chi connectivity index (χ4v) is 7.63. The van der Waals surface area contributed by atoms with E-state index in [9.17, 15) is 4.79 Å². The Bertz CT molecular complexity index is 320. The van der Waals surface area contributed by atoms with Crippen molar-refractivity contribution in [3.05, 3.63) is 0 Å². The van der Waals surface area contributed by atoms with Crippen LogP contribution in [0.25, 0.3) is 0 Å². The molecule has 12 heavy (non-hydrogen) atoms. The fraction of sp³-hybridized carbons (Fsp3) is 0.900. The van der Waals surface area contributed by atoms with E-state index in [-0.39, 0.29) is 0 Å². The first-order valence-corrected chi connectivity index (χ1v) is 6.01. The first-order valence-electron chi connectivity index (χ1n) is 5.07. The molecule has 5 aliphatic rings. The van der Waals surface area contributed by atoms with Crippen molar-refractivity contribution >= 4 is 17.5 Å². The van der Waals surface area contributed by atoms with Crippen molar-refractivity contribution < 1.29 is 4.79 Å². The smallest absolute Gasteiger partial charge is 0.141 e. The number of ketones is 1. The van der Waals surface area contributed by atoms with Crippen molar-refractivity contribution in [1.29, 1.82) is 0 Å². The minimum Gasteiger partial charge on any atom is -0.299 e. The van der Waals surface area contributed by atoms with Crippen LogP contribution in [0.3, 0.4) is 0 Å². The Morgan fingerprint density at radius 2 is 2.00 bits per heavy atom. The maximum absolute atomic E-state index is 11.9. The molecule has 8 atom stereocenters. The second kappa shape index (κ2) is 1.31. The van der Waals surface area contributed by atoms with E-state index in [0.29, 0.717) is 17.6 Å². The Morgan fingerprint density at radius 3 is 2.92 bits per heavy atom. The molecule has 0 aromatic carbocycles. The number of hydrogen-bond acceptors (Lipinski definition) is 2. The number of hydrogen-bond donors (Lipinski definition) is 0. The van der Waals surface area contributed by atoms with Crippen molar-refractivity contribution in [3.63, 3.8) is 0 Å². The molecule has 4 aliphatic carbocycles. The summed E-state index contributed by atoms with van der Waals surface area (Å²) >= 11 is 2.19. The van der Waals surface area contributed by atoms with Crippen molar-refractivity contribution in [2.75, 3.05) is 0 Å². The lowest BCUT2D eigenvalue weighted by molar-refractivity contribution is -0.126. The number of rotatable bonds is 0. The summed E-state index contributed by atoms with van der Waals surface area (Å²) in [5.74, 6) is 5.55. The summed E-state index contributed by atoms with van der Waals surface area (Å²) in [4.78, 5) is 11.9. The Hall–Kier alpha value is 0.0200. The Balaban J connectivity index is 1.91. The van der Waals surface area contributed by atoms with Gasteiger partial charge in [0.25, 0.3) is 0 Å². The van der Waals surface area contributed by atoms with Crippen LogP contribution < -0.4 is 0 Å². The molecule has 1 heterocycles. The van der Waals surface area contributed by atoms with E-state index in [1.807, 2.05) is 0 Å². The van der Waals surface area contributed by atoms with Crippen LogP contribution in [-0.2, 0) is 4.79 Å². The molecule has 2 heteroatoms. The monoisotopic (exact) mass is 178 g/mol. The second-order valence-corrected chi connectivity index (χ2v) is 6.60. The lowest BCUT2D eigenvalue weighted by Gasteiger charge is -2.42. The molecule has 5 fully saturated rings. The first-order chi connectivity index (χ1) is 5.88. The lowest BCUT2D eigenvalue weighted by atomic mass is 9.64. The third-order valence-electron chi connectivity index (χ3n) is 5.33. The van der Waals surface area contributed by atoms with Gasteiger partial charge in [0.1, 0.15) is 5.78 Å². The minimum absolute atomic E-state index is 0.546. The van der Waals surface area contributed by atoms with Gasteiger partial charge in [0.15, 0.2) is 0 Å². The van der Waals surface area contributed by atoms with Gasteiger partial charge in [-0.2, -0.15) is 11.8 Å². The van der Waals surface area contributed by atoms with Crippen LogP contribution in [0.15, 0.2) is 0 Å². The van der Waals surface area contributed by atoms with Crippen LogP contribution in [0.1, 0.15) is 6.42 Å². The quantitative estimate of drug-likeness (QED) is 0.554. The van der Waals surface area contributed by atoms with Crippen LogP contribution >= 0.6 is 11.8 Å². The van der Waals surface area contributed by atoms with E-state index in [4.69, 9.17) is 0 Å². The van der Waals surface area contributed by atoms with Gasteiger partial charge >= 0.3 is 0 Å². The van der Waals surface area contributed by atoms with Gasteiger partial charge in [0, 0.05) is 22.3 Å². The molecule has 4 saturated carbocycles. The van der Waals surface area contributed by atoms with Crippen molar-refractivity contribution in [2.45, 2.75) is 16.9 Å². The van der Waals surface area contributed by atoms with Crippen LogP contribution in [-0.4, -0.2) is 16.3 Å². The van der Waals surface area contributed by atoms with E-state index in [0.717, 1.165) is 34.2 Å². The summed E-state index contributed by atoms with van der Waals surface area (Å²) in [5.41, 5.74) is 0. The Morgan fingerprint density at radius 1 is 1.08 bits per heavy atom. The molecule has 0 N–H and O–H groups in total. The average Bonchev–Trinajstić information content (AvgIpc) is 2.47. The third kappa shape index (κ3) is 0.301. The van der Waals surface area contributed by atoms with Crippen molar-refractivity contribution in [2.24, 2.45) is 35.5 Å². The number of thioether (sulfide) groups is 1. The molecule has 5 rings (SSSR count). The lowest BCUT2D eigenvalue weighted by Crippen LogP contribution is -2.46. The molecule has 0 spiro atoms. The van der Waals surface area contributed by atoms with Gasteiger partial charge in [-0.15, -0.1) is 0 Å². The average molecular weight is 178 g/mol. The van der Waals surface area contributed by atoms with Crippen molar-refractivity contribution in [3.8, 4) is 0 Å². The molecule has 1 aliphatic heterocycles. The highest BCUT2D eigenvalue weighted by Gasteiger charge is 2.81. The summed E-state index contributed by atoms with van der Waals surface area (Å²) in [7, 11) is 0. The van der Waals surface area contributed by atoms with E-state index < -0.39 is 0 Å². The number of carbonyl (C=O) groups excluding carboxylic acids is 1. The summed E-state index contributed by atoms with van der Waals surface area (Å²) in [6.45, 7) is 0. The van der Waals surface area contributed by atoms with Crippen LogP contribution in [0, 0.1) is 35.5 Å². The molecule has 0 amide bonds. The van der Waals surface area contributed by atoms with E-state index in [1.165, 1.54) is 6.42 Å². The van der Waals surface area contributed by atoms with Crippen molar-refractivity contribution in [1.82, 2.24) is 0 Å². The molecule has 1 nitrogen and oxygen atoms in total. The standard InChI is InChI=1S/C10H10OS/c11-8-6-2-1-3-5-4(2)7(8)10(5)12-9(3)6/h2-7,9-10H,1H2. The highest BCUT2D eigenvalue weighted by Crippen LogP contribution is 2.81. The van der Waals surface area contributed by atoms with E-state index >= 15 is 0 Å². The van der Waals surface area contributed by atoms with Gasteiger partial charge in [-0.25, -0.2) is 0 Å². The van der Waals surface area contributed by atoms with E-state index in [2.05, 4.69) is 11.8 Å². The van der Waals surface area contributed by atoms with Gasteiger partial charge in [0.05, 0.1) is 0 Å². The molecule has 62 valence electrons. The SMILES string of the molecule is O=C1C2C3CC4C2SC2C1C3C42. The van der Waals surface area contributed by atoms with Gasteiger partial charge in [-0.3, -0.25) is 4.79 Å². The predicted octanol–water partition coefficient (Wildman–Crippen LogP) is 1.18. The van der Waals surface area contributed by atoms with Gasteiger partial charge < -0.3 is 0 Å². The molecule has 0 aromatic rings.